The molecule has 0 aromatic rings. The smallest absolute Gasteiger partial charge is 0.242 e. The second-order valence-electron chi connectivity index (χ2n) is 5.71. The largest absolute Gasteiger partial charge is 0.380 e. The molecule has 0 saturated carbocycles. The van der Waals surface area contributed by atoms with Crippen molar-refractivity contribution in [2.24, 2.45) is 0 Å². The highest BCUT2D eigenvalue weighted by Crippen LogP contribution is 2.22. The average Bonchev–Trinajstić information content (AvgIpc) is 3.05. The first-order chi connectivity index (χ1) is 9.60. The highest BCUT2D eigenvalue weighted by Gasteiger charge is 2.36. The lowest BCUT2D eigenvalue weighted by Gasteiger charge is -2.28. The van der Waals surface area contributed by atoms with Gasteiger partial charge in [0.25, 0.3) is 0 Å². The molecule has 114 valence electrons. The summed E-state index contributed by atoms with van der Waals surface area (Å²) >= 11 is 0. The highest BCUT2D eigenvalue weighted by molar-refractivity contribution is 5.84. The summed E-state index contributed by atoms with van der Waals surface area (Å²) in [5.41, 5.74) is 0. The molecule has 0 bridgehead atoms. The minimum atomic E-state index is -0.170. The summed E-state index contributed by atoms with van der Waals surface area (Å²) in [7, 11) is 1.69. The molecule has 0 radical (unpaired) electrons. The Hall–Kier alpha value is -1.14. The number of hydrogen-bond acceptors (Lipinski definition) is 4. The van der Waals surface area contributed by atoms with Gasteiger partial charge in [0.1, 0.15) is 0 Å². The highest BCUT2D eigenvalue weighted by atomic mass is 16.5. The number of ether oxygens (including phenoxy) is 1. The molecule has 0 spiro atoms. The van der Waals surface area contributed by atoms with Gasteiger partial charge in [-0.1, -0.05) is 0 Å². The number of hydrogen-bond donors (Lipinski definition) is 1. The monoisotopic (exact) mass is 283 g/mol. The molecule has 2 heterocycles. The molecular formula is C14H25N3O3. The molecule has 1 N–H and O–H groups in total. The first-order valence-corrected chi connectivity index (χ1v) is 7.39. The summed E-state index contributed by atoms with van der Waals surface area (Å²) in [6, 6.07) is 0.208. The Morgan fingerprint density at radius 2 is 2.00 bits per heavy atom. The molecule has 0 aliphatic carbocycles. The van der Waals surface area contributed by atoms with Crippen molar-refractivity contribution in [3.05, 3.63) is 0 Å². The van der Waals surface area contributed by atoms with Crippen LogP contribution in [-0.4, -0.2) is 73.6 Å². The van der Waals surface area contributed by atoms with Gasteiger partial charge in [0.15, 0.2) is 0 Å². The Labute approximate surface area is 120 Å². The summed E-state index contributed by atoms with van der Waals surface area (Å²) in [5.74, 6) is -0.180. The third-order valence-corrected chi connectivity index (χ3v) is 4.19. The molecule has 0 unspecified atom stereocenters. The fourth-order valence-electron chi connectivity index (χ4n) is 3.09. The zero-order chi connectivity index (χ0) is 14.5. The Kier molecular flexibility index (Phi) is 5.37. The van der Waals surface area contributed by atoms with Crippen LogP contribution in [0.1, 0.15) is 26.2 Å². The predicted octanol–water partition coefficient (Wildman–Crippen LogP) is -0.166. The molecule has 2 aliphatic heterocycles. The van der Waals surface area contributed by atoms with Crippen LogP contribution in [-0.2, 0) is 14.3 Å². The summed E-state index contributed by atoms with van der Waals surface area (Å²) in [6.45, 7) is 5.32. The van der Waals surface area contributed by atoms with E-state index < -0.39 is 0 Å². The van der Waals surface area contributed by atoms with Crippen molar-refractivity contribution < 1.29 is 14.3 Å². The number of likely N-dealkylation sites (tertiary alicyclic amines) is 2. The third kappa shape index (κ3) is 3.93. The lowest BCUT2D eigenvalue weighted by atomic mass is 10.2. The standard InChI is InChI=1S/C14H25N3O3/c1-11(18)15-8-14(19)17-10-13(20-2)7-12(17)9-16-5-3-4-6-16/h12-13H,3-10H2,1-2H3,(H,15,18)/t12-,13-/m0/s1. The normalized spacial score (nSPS) is 27.0. The van der Waals surface area contributed by atoms with E-state index in [1.54, 1.807) is 7.11 Å². The van der Waals surface area contributed by atoms with Crippen molar-refractivity contribution in [2.75, 3.05) is 39.8 Å². The second kappa shape index (κ2) is 7.04. The van der Waals surface area contributed by atoms with Crippen LogP contribution in [0, 0.1) is 0 Å². The minimum Gasteiger partial charge on any atom is -0.380 e. The van der Waals surface area contributed by atoms with Crippen LogP contribution >= 0.6 is 0 Å². The van der Waals surface area contributed by atoms with Crippen molar-refractivity contribution in [1.29, 1.82) is 0 Å². The van der Waals surface area contributed by atoms with Crippen LogP contribution in [0.4, 0.5) is 0 Å². The van der Waals surface area contributed by atoms with E-state index in [1.165, 1.54) is 19.8 Å². The fourth-order valence-corrected chi connectivity index (χ4v) is 3.09. The van der Waals surface area contributed by atoms with Crippen molar-refractivity contribution in [1.82, 2.24) is 15.1 Å². The van der Waals surface area contributed by atoms with E-state index in [9.17, 15) is 9.59 Å². The maximum Gasteiger partial charge on any atom is 0.242 e. The first-order valence-electron chi connectivity index (χ1n) is 7.39. The predicted molar refractivity (Wildman–Crippen MR) is 75.3 cm³/mol. The van der Waals surface area contributed by atoms with Crippen molar-refractivity contribution in [2.45, 2.75) is 38.3 Å². The third-order valence-electron chi connectivity index (χ3n) is 4.19. The number of carbonyl (C=O) groups excluding carboxylic acids is 2. The first kappa shape index (κ1) is 15.3. The molecule has 2 amide bonds. The molecule has 2 saturated heterocycles. The minimum absolute atomic E-state index is 0.0102. The quantitative estimate of drug-likeness (QED) is 0.761. The number of carbonyl (C=O) groups is 2. The van der Waals surface area contributed by atoms with Gasteiger partial charge < -0.3 is 19.9 Å². The summed E-state index contributed by atoms with van der Waals surface area (Å²) in [6.07, 6.45) is 3.50. The van der Waals surface area contributed by atoms with Crippen LogP contribution < -0.4 is 5.32 Å². The van der Waals surface area contributed by atoms with Gasteiger partial charge in [0.05, 0.1) is 12.6 Å². The molecule has 2 fully saturated rings. The maximum atomic E-state index is 12.2. The van der Waals surface area contributed by atoms with E-state index in [0.29, 0.717) is 6.54 Å². The van der Waals surface area contributed by atoms with Gasteiger partial charge in [-0.25, -0.2) is 0 Å². The zero-order valence-corrected chi connectivity index (χ0v) is 12.4. The van der Waals surface area contributed by atoms with E-state index in [4.69, 9.17) is 4.74 Å². The summed E-state index contributed by atoms with van der Waals surface area (Å²) in [4.78, 5) is 27.5. The van der Waals surface area contributed by atoms with Crippen LogP contribution in [0.5, 0.6) is 0 Å². The SMILES string of the molecule is CO[C@H]1C[C@@H](CN2CCCC2)N(C(=O)CNC(C)=O)C1. The Balaban J connectivity index is 1.91. The van der Waals surface area contributed by atoms with Crippen LogP contribution in [0.25, 0.3) is 0 Å². The van der Waals surface area contributed by atoms with Gasteiger partial charge >= 0.3 is 0 Å². The van der Waals surface area contributed by atoms with Gasteiger partial charge in [-0.2, -0.15) is 0 Å². The molecule has 0 aromatic heterocycles. The summed E-state index contributed by atoms with van der Waals surface area (Å²) < 4.78 is 5.41. The van der Waals surface area contributed by atoms with Crippen molar-refractivity contribution in [3.63, 3.8) is 0 Å². The number of rotatable bonds is 5. The lowest BCUT2D eigenvalue weighted by Crippen LogP contribution is -2.46. The number of nitrogens with zero attached hydrogens (tertiary/aromatic N) is 2. The molecule has 20 heavy (non-hydrogen) atoms. The second-order valence-corrected chi connectivity index (χ2v) is 5.71. The van der Waals surface area contributed by atoms with E-state index in [1.807, 2.05) is 4.90 Å². The molecule has 2 atom stereocenters. The Morgan fingerprint density at radius 3 is 2.60 bits per heavy atom. The molecular weight excluding hydrogens is 258 g/mol. The van der Waals surface area contributed by atoms with Gasteiger partial charge in [-0.15, -0.1) is 0 Å². The number of amides is 2. The van der Waals surface area contributed by atoms with Gasteiger partial charge in [-0.3, -0.25) is 9.59 Å². The molecule has 0 aromatic carbocycles. The number of methoxy groups -OCH3 is 1. The lowest BCUT2D eigenvalue weighted by molar-refractivity contribution is -0.133. The number of nitrogens with one attached hydrogen (secondary N) is 1. The molecule has 2 rings (SSSR count). The van der Waals surface area contributed by atoms with Crippen LogP contribution in [0.3, 0.4) is 0 Å². The topological polar surface area (TPSA) is 61.9 Å². The van der Waals surface area contributed by atoms with Gasteiger partial charge in [-0.05, 0) is 32.4 Å². The summed E-state index contributed by atoms with van der Waals surface area (Å²) in [5, 5.41) is 2.58. The molecule has 6 nitrogen and oxygen atoms in total. The maximum absolute atomic E-state index is 12.2. The van der Waals surface area contributed by atoms with E-state index in [2.05, 4.69) is 10.2 Å². The molecule has 2 aliphatic rings. The van der Waals surface area contributed by atoms with Gasteiger partial charge in [0.2, 0.25) is 11.8 Å². The fraction of sp³-hybridized carbons (Fsp3) is 0.857. The Bertz CT molecular complexity index is 356. The van der Waals surface area contributed by atoms with E-state index in [0.717, 1.165) is 26.1 Å². The van der Waals surface area contributed by atoms with Gasteiger partial charge in [0, 0.05) is 33.2 Å². The van der Waals surface area contributed by atoms with E-state index in [-0.39, 0.29) is 30.5 Å². The van der Waals surface area contributed by atoms with Crippen molar-refractivity contribution >= 4 is 11.8 Å². The average molecular weight is 283 g/mol. The zero-order valence-electron chi connectivity index (χ0n) is 12.4. The van der Waals surface area contributed by atoms with Crippen molar-refractivity contribution in [3.8, 4) is 0 Å². The van der Waals surface area contributed by atoms with E-state index >= 15 is 0 Å². The van der Waals surface area contributed by atoms with Crippen LogP contribution in [0.2, 0.25) is 0 Å². The Morgan fingerprint density at radius 1 is 1.30 bits per heavy atom. The van der Waals surface area contributed by atoms with Crippen LogP contribution in [0.15, 0.2) is 0 Å². The molecule has 6 heteroatoms.